The summed E-state index contributed by atoms with van der Waals surface area (Å²) in [5, 5.41) is 11.5. The lowest BCUT2D eigenvalue weighted by Crippen LogP contribution is -2.11. The second-order valence-corrected chi connectivity index (χ2v) is 7.07. The predicted octanol–water partition coefficient (Wildman–Crippen LogP) is 4.98. The SMILES string of the molecule is COc1ccc(/C(C#N)=C\c2ccc(OC(=O)Cc3cccs3)c(OC)c2)cc1. The zero-order valence-electron chi connectivity index (χ0n) is 16.0. The number of methoxy groups -OCH3 is 2. The van der Waals surface area contributed by atoms with Gasteiger partial charge in [-0.15, -0.1) is 11.3 Å². The van der Waals surface area contributed by atoms with Crippen molar-refractivity contribution in [2.75, 3.05) is 14.2 Å². The molecule has 0 atom stereocenters. The van der Waals surface area contributed by atoms with E-state index < -0.39 is 0 Å². The minimum absolute atomic E-state index is 0.207. The highest BCUT2D eigenvalue weighted by Gasteiger charge is 2.12. The van der Waals surface area contributed by atoms with E-state index >= 15 is 0 Å². The quantitative estimate of drug-likeness (QED) is 0.240. The Morgan fingerprint density at radius 2 is 1.86 bits per heavy atom. The fraction of sp³-hybridized carbons (Fsp3) is 0.130. The van der Waals surface area contributed by atoms with Crippen LogP contribution in [0.4, 0.5) is 0 Å². The number of hydrogen-bond donors (Lipinski definition) is 0. The topological polar surface area (TPSA) is 68.5 Å². The van der Waals surface area contributed by atoms with E-state index in [1.807, 2.05) is 29.6 Å². The number of esters is 1. The van der Waals surface area contributed by atoms with Gasteiger partial charge in [0.05, 0.1) is 32.3 Å². The second kappa shape index (κ2) is 9.58. The van der Waals surface area contributed by atoms with Crippen LogP contribution in [-0.2, 0) is 11.2 Å². The van der Waals surface area contributed by atoms with Gasteiger partial charge in [-0.2, -0.15) is 5.26 Å². The van der Waals surface area contributed by atoms with Crippen molar-refractivity contribution in [1.29, 1.82) is 5.26 Å². The number of ether oxygens (including phenoxy) is 3. The number of benzene rings is 2. The summed E-state index contributed by atoms with van der Waals surface area (Å²) in [5.74, 6) is 1.13. The Morgan fingerprint density at radius 3 is 2.48 bits per heavy atom. The Morgan fingerprint density at radius 1 is 1.07 bits per heavy atom. The Balaban J connectivity index is 1.80. The molecule has 0 aliphatic carbocycles. The fourth-order valence-electron chi connectivity index (χ4n) is 2.69. The van der Waals surface area contributed by atoms with E-state index in [4.69, 9.17) is 14.2 Å². The molecular formula is C23H19NO4S. The first-order valence-electron chi connectivity index (χ1n) is 8.80. The van der Waals surface area contributed by atoms with E-state index in [9.17, 15) is 10.1 Å². The van der Waals surface area contributed by atoms with Gasteiger partial charge in [0.1, 0.15) is 5.75 Å². The number of nitrogens with zero attached hydrogens (tertiary/aromatic N) is 1. The van der Waals surface area contributed by atoms with Crippen LogP contribution in [0.25, 0.3) is 11.6 Å². The summed E-state index contributed by atoms with van der Waals surface area (Å²) >= 11 is 1.51. The lowest BCUT2D eigenvalue weighted by molar-refractivity contribution is -0.133. The summed E-state index contributed by atoms with van der Waals surface area (Å²) in [6.07, 6.45) is 1.96. The zero-order valence-corrected chi connectivity index (χ0v) is 16.9. The lowest BCUT2D eigenvalue weighted by Gasteiger charge is -2.10. The van der Waals surface area contributed by atoms with Crippen molar-refractivity contribution in [2.45, 2.75) is 6.42 Å². The van der Waals surface area contributed by atoms with Gasteiger partial charge >= 0.3 is 5.97 Å². The van der Waals surface area contributed by atoms with Crippen LogP contribution in [0, 0.1) is 11.3 Å². The van der Waals surface area contributed by atoms with Gasteiger partial charge in [-0.1, -0.05) is 12.1 Å². The summed E-state index contributed by atoms with van der Waals surface area (Å²) in [5.41, 5.74) is 2.03. The molecule has 29 heavy (non-hydrogen) atoms. The number of carbonyl (C=O) groups is 1. The van der Waals surface area contributed by atoms with Gasteiger partial charge in [-0.3, -0.25) is 4.79 Å². The van der Waals surface area contributed by atoms with Crippen molar-refractivity contribution in [1.82, 2.24) is 0 Å². The molecule has 2 aromatic carbocycles. The van der Waals surface area contributed by atoms with Crippen LogP contribution >= 0.6 is 11.3 Å². The molecule has 0 unspecified atom stereocenters. The Labute approximate surface area is 173 Å². The molecule has 0 radical (unpaired) electrons. The van der Waals surface area contributed by atoms with Crippen molar-refractivity contribution >= 4 is 29.0 Å². The minimum Gasteiger partial charge on any atom is -0.497 e. The monoisotopic (exact) mass is 405 g/mol. The summed E-state index contributed by atoms with van der Waals surface area (Å²) < 4.78 is 16.0. The lowest BCUT2D eigenvalue weighted by atomic mass is 10.0. The fourth-order valence-corrected chi connectivity index (χ4v) is 3.38. The van der Waals surface area contributed by atoms with Crippen LogP contribution in [0.5, 0.6) is 17.2 Å². The Kier molecular flexibility index (Phi) is 6.67. The van der Waals surface area contributed by atoms with Gasteiger partial charge in [0.2, 0.25) is 0 Å². The van der Waals surface area contributed by atoms with E-state index in [-0.39, 0.29) is 12.4 Å². The maximum Gasteiger partial charge on any atom is 0.316 e. The molecule has 1 heterocycles. The number of allylic oxidation sites excluding steroid dienone is 1. The first-order valence-corrected chi connectivity index (χ1v) is 9.68. The summed E-state index contributed by atoms with van der Waals surface area (Å²) in [6, 6.07) is 18.4. The van der Waals surface area contributed by atoms with E-state index in [1.54, 1.807) is 43.5 Å². The van der Waals surface area contributed by atoms with Gasteiger partial charge in [-0.25, -0.2) is 0 Å². The van der Waals surface area contributed by atoms with Crippen LogP contribution in [-0.4, -0.2) is 20.2 Å². The van der Waals surface area contributed by atoms with Gasteiger partial charge in [0, 0.05) is 4.88 Å². The van der Waals surface area contributed by atoms with Crippen LogP contribution in [0.1, 0.15) is 16.0 Å². The Bertz CT molecular complexity index is 1050. The number of nitriles is 1. The first-order chi connectivity index (χ1) is 14.1. The molecule has 0 fully saturated rings. The minimum atomic E-state index is -0.356. The molecule has 0 N–H and O–H groups in total. The number of carbonyl (C=O) groups excluding carboxylic acids is 1. The molecule has 3 aromatic rings. The van der Waals surface area contributed by atoms with Crippen molar-refractivity contribution in [3.63, 3.8) is 0 Å². The molecule has 146 valence electrons. The van der Waals surface area contributed by atoms with E-state index in [0.717, 1.165) is 21.8 Å². The van der Waals surface area contributed by atoms with E-state index in [2.05, 4.69) is 6.07 Å². The number of thiophene rings is 1. The van der Waals surface area contributed by atoms with E-state index in [0.29, 0.717) is 17.1 Å². The highest BCUT2D eigenvalue weighted by atomic mass is 32.1. The first kappa shape index (κ1) is 20.2. The standard InChI is InChI=1S/C23H19NO4S/c1-26-19-8-6-17(7-9-19)18(15-24)12-16-5-10-21(22(13-16)27-2)28-23(25)14-20-4-3-11-29-20/h3-13H,14H2,1-2H3/b18-12-. The Hall–Kier alpha value is -3.56. The van der Waals surface area contributed by atoms with Crippen molar-refractivity contribution in [2.24, 2.45) is 0 Å². The van der Waals surface area contributed by atoms with Crippen molar-refractivity contribution in [3.05, 3.63) is 76.0 Å². The molecule has 1 aromatic heterocycles. The summed E-state index contributed by atoms with van der Waals surface area (Å²) in [6.45, 7) is 0. The predicted molar refractivity (Wildman–Crippen MR) is 113 cm³/mol. The largest absolute Gasteiger partial charge is 0.497 e. The maximum atomic E-state index is 12.2. The highest BCUT2D eigenvalue weighted by molar-refractivity contribution is 7.10. The van der Waals surface area contributed by atoms with Gasteiger partial charge in [0.25, 0.3) is 0 Å². The maximum absolute atomic E-state index is 12.2. The smallest absolute Gasteiger partial charge is 0.316 e. The average molecular weight is 405 g/mol. The van der Waals surface area contributed by atoms with Crippen molar-refractivity contribution in [3.8, 4) is 23.3 Å². The molecule has 0 spiro atoms. The average Bonchev–Trinajstić information content (AvgIpc) is 3.25. The van der Waals surface area contributed by atoms with Crippen LogP contribution in [0.15, 0.2) is 60.0 Å². The summed E-state index contributed by atoms with van der Waals surface area (Å²) in [4.78, 5) is 13.1. The third-order valence-electron chi connectivity index (χ3n) is 4.14. The molecular weight excluding hydrogens is 386 g/mol. The van der Waals surface area contributed by atoms with Crippen LogP contribution in [0.3, 0.4) is 0 Å². The molecule has 0 aliphatic heterocycles. The van der Waals surface area contributed by atoms with Gasteiger partial charge < -0.3 is 14.2 Å². The molecule has 0 bridgehead atoms. The van der Waals surface area contributed by atoms with Gasteiger partial charge in [0.15, 0.2) is 11.5 Å². The third kappa shape index (κ3) is 5.24. The van der Waals surface area contributed by atoms with Crippen LogP contribution in [0.2, 0.25) is 0 Å². The van der Waals surface area contributed by atoms with Crippen molar-refractivity contribution < 1.29 is 19.0 Å². The zero-order chi connectivity index (χ0) is 20.6. The third-order valence-corrected chi connectivity index (χ3v) is 5.02. The number of rotatable bonds is 7. The molecule has 0 saturated heterocycles. The van der Waals surface area contributed by atoms with Crippen LogP contribution < -0.4 is 14.2 Å². The van der Waals surface area contributed by atoms with Gasteiger partial charge in [-0.05, 0) is 65.0 Å². The molecule has 0 amide bonds. The summed E-state index contributed by atoms with van der Waals surface area (Å²) in [7, 11) is 3.10. The number of hydrogen-bond acceptors (Lipinski definition) is 6. The molecule has 5 nitrogen and oxygen atoms in total. The highest BCUT2D eigenvalue weighted by Crippen LogP contribution is 2.30. The molecule has 3 rings (SSSR count). The molecule has 6 heteroatoms. The molecule has 0 saturated carbocycles. The second-order valence-electron chi connectivity index (χ2n) is 6.04. The van der Waals surface area contributed by atoms with E-state index in [1.165, 1.54) is 18.4 Å². The normalized spacial score (nSPS) is 10.9. The molecule has 0 aliphatic rings.